The van der Waals surface area contributed by atoms with Gasteiger partial charge in [0.05, 0.1) is 10.1 Å². The second-order valence-corrected chi connectivity index (χ2v) is 7.84. The predicted molar refractivity (Wildman–Crippen MR) is 88.1 cm³/mol. The monoisotopic (exact) mass is 372 g/mol. The summed E-state index contributed by atoms with van der Waals surface area (Å²) in [6.07, 6.45) is 0. The summed E-state index contributed by atoms with van der Waals surface area (Å²) in [5.41, 5.74) is 0.374. The summed E-state index contributed by atoms with van der Waals surface area (Å²) in [4.78, 5) is 12.2. The number of rotatable bonds is 5. The average Bonchev–Trinajstić information content (AvgIpc) is 2.49. The van der Waals surface area contributed by atoms with Crippen LogP contribution in [0.4, 0.5) is 14.5 Å². The van der Waals surface area contributed by atoms with E-state index in [-0.39, 0.29) is 9.79 Å². The third kappa shape index (κ3) is 4.76. The van der Waals surface area contributed by atoms with E-state index in [1.54, 1.807) is 6.92 Å². The molecule has 0 heterocycles. The van der Waals surface area contributed by atoms with E-state index in [0.29, 0.717) is 5.69 Å². The summed E-state index contributed by atoms with van der Waals surface area (Å²) < 4.78 is 48.8. The number of carbonyl (C=O) groups excluding carboxylic acids is 1. The van der Waals surface area contributed by atoms with Gasteiger partial charge >= 0.3 is 0 Å². The number of hydrogen-bond donors (Lipinski definition) is 2. The largest absolute Gasteiger partial charge is 0.325 e. The zero-order valence-corrected chi connectivity index (χ0v) is 14.1. The molecule has 0 fully saturated rings. The van der Waals surface area contributed by atoms with Gasteiger partial charge in [0.2, 0.25) is 15.9 Å². The molecule has 0 spiro atoms. The van der Waals surface area contributed by atoms with Crippen LogP contribution in [0.25, 0.3) is 0 Å². The lowest BCUT2D eigenvalue weighted by atomic mass is 10.3. The highest BCUT2D eigenvalue weighted by Gasteiger charge is 2.17. The SMILES string of the molecule is C[C@@H](Sc1ccc(F)cc1F)C(=O)Nc1ccc(S(N)(=O)=O)cc1. The number of sulfonamides is 1. The lowest BCUT2D eigenvalue weighted by Crippen LogP contribution is -2.22. The van der Waals surface area contributed by atoms with Gasteiger partial charge in [0.1, 0.15) is 11.6 Å². The first kappa shape index (κ1) is 18.4. The second-order valence-electron chi connectivity index (χ2n) is 4.89. The summed E-state index contributed by atoms with van der Waals surface area (Å²) in [6, 6.07) is 8.45. The van der Waals surface area contributed by atoms with Crippen LogP contribution in [0.3, 0.4) is 0 Å². The quantitative estimate of drug-likeness (QED) is 0.790. The van der Waals surface area contributed by atoms with Gasteiger partial charge in [-0.25, -0.2) is 22.3 Å². The van der Waals surface area contributed by atoms with E-state index in [0.717, 1.165) is 23.9 Å². The van der Waals surface area contributed by atoms with E-state index in [4.69, 9.17) is 5.14 Å². The zero-order chi connectivity index (χ0) is 17.9. The average molecular weight is 372 g/mol. The summed E-state index contributed by atoms with van der Waals surface area (Å²) >= 11 is 0.944. The summed E-state index contributed by atoms with van der Waals surface area (Å²) in [7, 11) is -3.80. The van der Waals surface area contributed by atoms with Gasteiger partial charge in [0.25, 0.3) is 0 Å². The van der Waals surface area contributed by atoms with E-state index in [9.17, 15) is 22.0 Å². The number of amides is 1. The second kappa shape index (κ2) is 7.29. The van der Waals surface area contributed by atoms with Crippen LogP contribution in [0.1, 0.15) is 6.92 Å². The van der Waals surface area contributed by atoms with E-state index < -0.39 is 32.8 Å². The molecular formula is C15H14F2N2O3S2. The molecule has 24 heavy (non-hydrogen) atoms. The van der Waals surface area contributed by atoms with Gasteiger partial charge in [-0.15, -0.1) is 11.8 Å². The molecule has 0 aromatic heterocycles. The van der Waals surface area contributed by atoms with Gasteiger partial charge in [-0.05, 0) is 43.3 Å². The minimum atomic E-state index is -3.80. The zero-order valence-electron chi connectivity index (χ0n) is 12.5. The van der Waals surface area contributed by atoms with Crippen LogP contribution in [0.5, 0.6) is 0 Å². The van der Waals surface area contributed by atoms with Gasteiger partial charge in [-0.1, -0.05) is 0 Å². The highest BCUT2D eigenvalue weighted by Crippen LogP contribution is 2.27. The molecule has 0 aliphatic rings. The highest BCUT2D eigenvalue weighted by atomic mass is 32.2. The van der Waals surface area contributed by atoms with Crippen molar-refractivity contribution in [3.05, 3.63) is 54.1 Å². The molecule has 1 amide bonds. The van der Waals surface area contributed by atoms with Crippen molar-refractivity contribution in [2.24, 2.45) is 5.14 Å². The maximum absolute atomic E-state index is 13.6. The molecule has 2 aromatic rings. The Morgan fingerprint density at radius 3 is 2.33 bits per heavy atom. The molecule has 2 aromatic carbocycles. The Kier molecular flexibility index (Phi) is 5.58. The summed E-state index contributed by atoms with van der Waals surface area (Å²) in [5.74, 6) is -1.84. The minimum absolute atomic E-state index is 0.0729. The van der Waals surface area contributed by atoms with Crippen LogP contribution in [0.15, 0.2) is 52.3 Å². The van der Waals surface area contributed by atoms with Crippen LogP contribution < -0.4 is 10.5 Å². The lowest BCUT2D eigenvalue weighted by molar-refractivity contribution is -0.115. The van der Waals surface area contributed by atoms with Crippen molar-refractivity contribution in [1.82, 2.24) is 0 Å². The Bertz CT molecular complexity index is 856. The molecule has 9 heteroatoms. The molecule has 0 saturated heterocycles. The van der Waals surface area contributed by atoms with Crippen LogP contribution >= 0.6 is 11.8 Å². The number of nitrogens with two attached hydrogens (primary N) is 1. The van der Waals surface area contributed by atoms with Crippen molar-refractivity contribution in [1.29, 1.82) is 0 Å². The first-order chi connectivity index (χ1) is 11.2. The third-order valence-corrected chi connectivity index (χ3v) is 5.10. The number of thioether (sulfide) groups is 1. The number of primary sulfonamides is 1. The van der Waals surface area contributed by atoms with Gasteiger partial charge in [0, 0.05) is 16.6 Å². The molecule has 0 aliphatic heterocycles. The van der Waals surface area contributed by atoms with Crippen molar-refractivity contribution in [2.45, 2.75) is 22.0 Å². The normalized spacial score (nSPS) is 12.7. The molecule has 3 N–H and O–H groups in total. The van der Waals surface area contributed by atoms with Crippen LogP contribution in [-0.2, 0) is 14.8 Å². The number of anilines is 1. The molecule has 2 rings (SSSR count). The summed E-state index contributed by atoms with van der Waals surface area (Å²) in [5, 5.41) is 6.92. The van der Waals surface area contributed by atoms with Crippen LogP contribution in [0, 0.1) is 11.6 Å². The molecule has 0 radical (unpaired) electrons. The molecule has 0 saturated carbocycles. The molecule has 5 nitrogen and oxygen atoms in total. The van der Waals surface area contributed by atoms with Crippen molar-refractivity contribution in [2.75, 3.05) is 5.32 Å². The van der Waals surface area contributed by atoms with Crippen molar-refractivity contribution >= 4 is 33.4 Å². The smallest absolute Gasteiger partial charge is 0.238 e. The first-order valence-electron chi connectivity index (χ1n) is 6.72. The molecule has 0 bridgehead atoms. The van der Waals surface area contributed by atoms with E-state index in [1.807, 2.05) is 0 Å². The summed E-state index contributed by atoms with van der Waals surface area (Å²) in [6.45, 7) is 1.57. The number of hydrogen-bond acceptors (Lipinski definition) is 4. The molecule has 1 atom stereocenters. The minimum Gasteiger partial charge on any atom is -0.325 e. The Balaban J connectivity index is 2.03. The molecule has 0 unspecified atom stereocenters. The van der Waals surface area contributed by atoms with Gasteiger partial charge < -0.3 is 5.32 Å². The lowest BCUT2D eigenvalue weighted by Gasteiger charge is -2.12. The highest BCUT2D eigenvalue weighted by molar-refractivity contribution is 8.00. The molecule has 0 aliphatic carbocycles. The Labute approximate surface area is 142 Å². The standard InChI is InChI=1S/C15H14F2N2O3S2/c1-9(23-14-7-2-10(16)8-13(14)17)15(20)19-11-3-5-12(6-4-11)24(18,21)22/h2-9H,1H3,(H,19,20)(H2,18,21,22)/t9-/m1/s1. The van der Waals surface area contributed by atoms with E-state index in [1.165, 1.54) is 30.3 Å². The van der Waals surface area contributed by atoms with E-state index >= 15 is 0 Å². The van der Waals surface area contributed by atoms with Gasteiger partial charge in [-0.2, -0.15) is 0 Å². The third-order valence-electron chi connectivity index (χ3n) is 3.02. The number of carbonyl (C=O) groups is 1. The van der Waals surface area contributed by atoms with Gasteiger partial charge in [-0.3, -0.25) is 4.79 Å². The first-order valence-corrected chi connectivity index (χ1v) is 9.15. The van der Waals surface area contributed by atoms with Gasteiger partial charge in [0.15, 0.2) is 0 Å². The fourth-order valence-corrected chi connectivity index (χ4v) is 3.17. The maximum Gasteiger partial charge on any atom is 0.238 e. The van der Waals surface area contributed by atoms with Crippen molar-refractivity contribution < 1.29 is 22.0 Å². The topological polar surface area (TPSA) is 89.3 Å². The fourth-order valence-electron chi connectivity index (χ4n) is 1.79. The maximum atomic E-state index is 13.6. The van der Waals surface area contributed by atoms with Crippen LogP contribution in [-0.4, -0.2) is 19.6 Å². The van der Waals surface area contributed by atoms with Crippen molar-refractivity contribution in [3.8, 4) is 0 Å². The molecule has 128 valence electrons. The van der Waals surface area contributed by atoms with E-state index in [2.05, 4.69) is 5.32 Å². The molecular weight excluding hydrogens is 358 g/mol. The number of benzene rings is 2. The Hall–Kier alpha value is -1.97. The Morgan fingerprint density at radius 2 is 1.79 bits per heavy atom. The predicted octanol–water partition coefficient (Wildman–Crippen LogP) is 2.73. The number of nitrogens with one attached hydrogen (secondary N) is 1. The Morgan fingerprint density at radius 1 is 1.17 bits per heavy atom. The fraction of sp³-hybridized carbons (Fsp3) is 0.133. The van der Waals surface area contributed by atoms with Crippen LogP contribution in [0.2, 0.25) is 0 Å². The van der Waals surface area contributed by atoms with Crippen molar-refractivity contribution in [3.63, 3.8) is 0 Å². The number of halogens is 2.